The quantitative estimate of drug-likeness (QED) is 0.586. The molecule has 0 saturated carbocycles. The van der Waals surface area contributed by atoms with Crippen LogP contribution >= 0.6 is 0 Å². The predicted octanol–water partition coefficient (Wildman–Crippen LogP) is 3.37. The number of nitrogens with two attached hydrogens (primary N) is 1. The van der Waals surface area contributed by atoms with Gasteiger partial charge in [-0.1, -0.05) is 18.7 Å². The number of ketones is 1. The number of ether oxygens (including phenoxy) is 1. The molecule has 34 heavy (non-hydrogen) atoms. The third kappa shape index (κ3) is 5.96. The largest absolute Gasteiger partial charge is 0.493 e. The number of amides is 1. The molecule has 4 rings (SSSR count). The SMILES string of the molecule is C=C1C=CN=C(C(=O)Nc2ccc(N3CCC(COc4cccc(C(=O)CN)c4)CC3)nc2)C1. The molecule has 8 nitrogen and oxygen atoms in total. The number of anilines is 2. The zero-order valence-corrected chi connectivity index (χ0v) is 19.1. The van der Waals surface area contributed by atoms with E-state index in [1.807, 2.05) is 24.3 Å². The summed E-state index contributed by atoms with van der Waals surface area (Å²) in [5.74, 6) is 1.68. The number of aliphatic imine (C=N–C) groups is 1. The zero-order valence-electron chi connectivity index (χ0n) is 19.1. The lowest BCUT2D eigenvalue weighted by molar-refractivity contribution is -0.110. The van der Waals surface area contributed by atoms with Crippen molar-refractivity contribution in [3.63, 3.8) is 0 Å². The molecule has 1 amide bonds. The number of hydrogen-bond donors (Lipinski definition) is 2. The van der Waals surface area contributed by atoms with Gasteiger partial charge in [-0.2, -0.15) is 0 Å². The van der Waals surface area contributed by atoms with Gasteiger partial charge in [0, 0.05) is 31.3 Å². The van der Waals surface area contributed by atoms with E-state index in [4.69, 9.17) is 10.5 Å². The number of rotatable bonds is 8. The smallest absolute Gasteiger partial charge is 0.270 e. The van der Waals surface area contributed by atoms with Crippen molar-refractivity contribution in [3.05, 3.63) is 72.6 Å². The molecule has 0 bridgehead atoms. The first-order chi connectivity index (χ1) is 16.5. The fourth-order valence-electron chi connectivity index (χ4n) is 3.96. The average molecular weight is 460 g/mol. The topological polar surface area (TPSA) is 110 Å². The molecule has 0 atom stereocenters. The van der Waals surface area contributed by atoms with Crippen molar-refractivity contribution in [1.29, 1.82) is 0 Å². The summed E-state index contributed by atoms with van der Waals surface area (Å²) in [5.41, 5.74) is 7.96. The third-order valence-corrected chi connectivity index (χ3v) is 5.97. The molecule has 0 unspecified atom stereocenters. The van der Waals surface area contributed by atoms with Crippen LogP contribution < -0.4 is 20.7 Å². The summed E-state index contributed by atoms with van der Waals surface area (Å²) in [5, 5.41) is 2.85. The molecule has 1 saturated heterocycles. The molecule has 1 aromatic heterocycles. The van der Waals surface area contributed by atoms with Crippen LogP contribution in [0.2, 0.25) is 0 Å². The van der Waals surface area contributed by atoms with Gasteiger partial charge in [-0.05, 0) is 54.7 Å². The van der Waals surface area contributed by atoms with Gasteiger partial charge in [-0.15, -0.1) is 0 Å². The molecule has 2 aromatic rings. The van der Waals surface area contributed by atoms with Gasteiger partial charge in [0.2, 0.25) is 0 Å². The van der Waals surface area contributed by atoms with Crippen LogP contribution in [0, 0.1) is 5.92 Å². The predicted molar refractivity (Wildman–Crippen MR) is 133 cm³/mol. The molecule has 176 valence electrons. The normalized spacial score (nSPS) is 16.2. The second-order valence-electron chi connectivity index (χ2n) is 8.48. The fourth-order valence-corrected chi connectivity index (χ4v) is 3.96. The molecule has 1 aromatic carbocycles. The summed E-state index contributed by atoms with van der Waals surface area (Å²) in [6.07, 6.45) is 7.48. The van der Waals surface area contributed by atoms with E-state index in [1.165, 1.54) is 0 Å². The molecule has 1 fully saturated rings. The molecular weight excluding hydrogens is 430 g/mol. The number of pyridine rings is 1. The Hall–Kier alpha value is -3.78. The van der Waals surface area contributed by atoms with E-state index in [1.54, 1.807) is 30.6 Å². The molecular formula is C26H29N5O3. The van der Waals surface area contributed by atoms with Crippen molar-refractivity contribution in [2.45, 2.75) is 19.3 Å². The summed E-state index contributed by atoms with van der Waals surface area (Å²) >= 11 is 0. The number of Topliss-reactive ketones (excluding diaryl/α,β-unsaturated/α-hetero) is 1. The highest BCUT2D eigenvalue weighted by atomic mass is 16.5. The highest BCUT2D eigenvalue weighted by molar-refractivity contribution is 6.43. The Balaban J connectivity index is 1.24. The van der Waals surface area contributed by atoms with Crippen LogP contribution in [0.25, 0.3) is 0 Å². The minimum atomic E-state index is -0.237. The van der Waals surface area contributed by atoms with Crippen LogP contribution in [0.15, 0.2) is 72.0 Å². The summed E-state index contributed by atoms with van der Waals surface area (Å²) in [6.45, 7) is 6.23. The van der Waals surface area contributed by atoms with Crippen molar-refractivity contribution in [2.24, 2.45) is 16.6 Å². The zero-order chi connectivity index (χ0) is 23.9. The lowest BCUT2D eigenvalue weighted by Gasteiger charge is -2.32. The maximum atomic E-state index is 12.4. The van der Waals surface area contributed by atoms with Gasteiger partial charge in [-0.25, -0.2) is 4.98 Å². The third-order valence-electron chi connectivity index (χ3n) is 5.97. The Morgan fingerprint density at radius 3 is 2.74 bits per heavy atom. The van der Waals surface area contributed by atoms with E-state index in [0.717, 1.165) is 37.3 Å². The molecule has 0 spiro atoms. The Kier molecular flexibility index (Phi) is 7.49. The number of carbonyl (C=O) groups excluding carboxylic acids is 2. The number of allylic oxidation sites excluding steroid dienone is 2. The molecule has 0 aliphatic carbocycles. The number of carbonyl (C=O) groups is 2. The van der Waals surface area contributed by atoms with Gasteiger partial charge in [0.1, 0.15) is 17.3 Å². The first-order valence-electron chi connectivity index (χ1n) is 11.4. The molecule has 3 heterocycles. The van der Waals surface area contributed by atoms with Crippen molar-refractivity contribution < 1.29 is 14.3 Å². The van der Waals surface area contributed by atoms with Crippen LogP contribution in [0.3, 0.4) is 0 Å². The highest BCUT2D eigenvalue weighted by Crippen LogP contribution is 2.24. The minimum Gasteiger partial charge on any atom is -0.493 e. The average Bonchev–Trinajstić information content (AvgIpc) is 2.88. The van der Waals surface area contributed by atoms with Gasteiger partial charge in [0.25, 0.3) is 5.91 Å². The van der Waals surface area contributed by atoms with Gasteiger partial charge in [0.05, 0.1) is 25.0 Å². The van der Waals surface area contributed by atoms with E-state index < -0.39 is 0 Å². The number of aromatic nitrogens is 1. The summed E-state index contributed by atoms with van der Waals surface area (Å²) in [7, 11) is 0. The summed E-state index contributed by atoms with van der Waals surface area (Å²) in [4.78, 5) is 35.1. The lowest BCUT2D eigenvalue weighted by Crippen LogP contribution is -2.36. The summed E-state index contributed by atoms with van der Waals surface area (Å²) < 4.78 is 5.94. The van der Waals surface area contributed by atoms with E-state index in [0.29, 0.717) is 41.7 Å². The Morgan fingerprint density at radius 1 is 1.21 bits per heavy atom. The van der Waals surface area contributed by atoms with Crippen LogP contribution in [0.5, 0.6) is 5.75 Å². The van der Waals surface area contributed by atoms with E-state index in [-0.39, 0.29) is 18.2 Å². The van der Waals surface area contributed by atoms with E-state index in [9.17, 15) is 9.59 Å². The number of benzene rings is 1. The number of nitrogens with one attached hydrogen (secondary N) is 1. The molecule has 8 heteroatoms. The molecule has 2 aliphatic rings. The van der Waals surface area contributed by atoms with Crippen molar-refractivity contribution in [1.82, 2.24) is 4.98 Å². The number of hydrogen-bond acceptors (Lipinski definition) is 7. The maximum Gasteiger partial charge on any atom is 0.270 e. The van der Waals surface area contributed by atoms with Crippen LogP contribution in [0.4, 0.5) is 11.5 Å². The minimum absolute atomic E-state index is 0.00760. The van der Waals surface area contributed by atoms with Crippen LogP contribution in [-0.2, 0) is 4.79 Å². The Morgan fingerprint density at radius 2 is 2.03 bits per heavy atom. The molecule has 2 aliphatic heterocycles. The lowest BCUT2D eigenvalue weighted by atomic mass is 9.98. The second-order valence-corrected chi connectivity index (χ2v) is 8.48. The Labute approximate surface area is 199 Å². The van der Waals surface area contributed by atoms with Gasteiger partial charge < -0.3 is 20.7 Å². The van der Waals surface area contributed by atoms with Crippen molar-refractivity contribution in [3.8, 4) is 5.75 Å². The fraction of sp³-hybridized carbons (Fsp3) is 0.308. The Bertz CT molecular complexity index is 1120. The first kappa shape index (κ1) is 23.4. The van der Waals surface area contributed by atoms with Crippen LogP contribution in [0.1, 0.15) is 29.6 Å². The van der Waals surface area contributed by atoms with Gasteiger partial charge in [0.15, 0.2) is 5.78 Å². The number of piperidine rings is 1. The maximum absolute atomic E-state index is 12.4. The monoisotopic (exact) mass is 459 g/mol. The van der Waals surface area contributed by atoms with E-state index in [2.05, 4.69) is 26.8 Å². The van der Waals surface area contributed by atoms with Crippen molar-refractivity contribution in [2.75, 3.05) is 36.5 Å². The molecule has 0 radical (unpaired) electrons. The number of nitrogens with zero attached hydrogens (tertiary/aromatic N) is 3. The second kappa shape index (κ2) is 10.9. The first-order valence-corrected chi connectivity index (χ1v) is 11.4. The molecule has 3 N–H and O–H groups in total. The van der Waals surface area contributed by atoms with Gasteiger partial charge in [-0.3, -0.25) is 14.6 Å². The van der Waals surface area contributed by atoms with Crippen molar-refractivity contribution >= 4 is 28.9 Å². The van der Waals surface area contributed by atoms with Crippen LogP contribution in [-0.4, -0.2) is 48.6 Å². The van der Waals surface area contributed by atoms with Gasteiger partial charge >= 0.3 is 0 Å². The highest BCUT2D eigenvalue weighted by Gasteiger charge is 2.21. The van der Waals surface area contributed by atoms with E-state index >= 15 is 0 Å². The summed E-state index contributed by atoms with van der Waals surface area (Å²) in [6, 6.07) is 11.0. The standard InChI is InChI=1S/C26H29N5O3/c1-18-7-10-28-23(13-18)26(33)30-21-5-6-25(29-16-21)31-11-8-19(9-12-31)17-34-22-4-2-3-20(14-22)24(32)15-27/h2-7,10,14,16,19H,1,8-9,11-13,15,17,27H2,(H,30,33).